The van der Waals surface area contributed by atoms with E-state index in [1.165, 1.54) is 11.1 Å². The van der Waals surface area contributed by atoms with Crippen LogP contribution in [0.5, 0.6) is 0 Å². The molecule has 0 bridgehead atoms. The Morgan fingerprint density at radius 2 is 1.69 bits per heavy atom. The van der Waals surface area contributed by atoms with Crippen molar-refractivity contribution in [3.63, 3.8) is 0 Å². The SMILES string of the molecule is CC(C)c1ccc(C(=O)N[C@H](C)C(=O)N2CCCc3ccccc32)cc1. The van der Waals surface area contributed by atoms with Gasteiger partial charge >= 0.3 is 0 Å². The fourth-order valence-electron chi connectivity index (χ4n) is 3.36. The molecule has 4 nitrogen and oxygen atoms in total. The van der Waals surface area contributed by atoms with Crippen molar-refractivity contribution in [1.82, 2.24) is 5.32 Å². The Kier molecular flexibility index (Phi) is 5.40. The summed E-state index contributed by atoms with van der Waals surface area (Å²) in [5.41, 5.74) is 3.92. The Balaban J connectivity index is 1.69. The molecule has 0 aliphatic carbocycles. The van der Waals surface area contributed by atoms with E-state index in [2.05, 4.69) is 25.2 Å². The predicted octanol–water partition coefficient (Wildman–Crippen LogP) is 3.91. The van der Waals surface area contributed by atoms with Gasteiger partial charge in [0.05, 0.1) is 0 Å². The quantitative estimate of drug-likeness (QED) is 0.909. The molecular weight excluding hydrogens is 324 g/mol. The normalized spacial score (nSPS) is 14.7. The molecule has 26 heavy (non-hydrogen) atoms. The molecule has 0 radical (unpaired) electrons. The highest BCUT2D eigenvalue weighted by Gasteiger charge is 2.27. The summed E-state index contributed by atoms with van der Waals surface area (Å²) in [5.74, 6) is 0.141. The Labute approximate surface area is 155 Å². The summed E-state index contributed by atoms with van der Waals surface area (Å²) in [7, 11) is 0. The maximum atomic E-state index is 12.9. The van der Waals surface area contributed by atoms with Gasteiger partial charge in [-0.1, -0.05) is 44.2 Å². The molecule has 0 aromatic heterocycles. The summed E-state index contributed by atoms with van der Waals surface area (Å²) in [4.78, 5) is 27.2. The van der Waals surface area contributed by atoms with Crippen LogP contribution in [0.2, 0.25) is 0 Å². The lowest BCUT2D eigenvalue weighted by molar-refractivity contribution is -0.120. The molecule has 2 amide bonds. The topological polar surface area (TPSA) is 49.4 Å². The van der Waals surface area contributed by atoms with Crippen molar-refractivity contribution >= 4 is 17.5 Å². The van der Waals surface area contributed by atoms with Crippen molar-refractivity contribution in [2.75, 3.05) is 11.4 Å². The molecule has 0 spiro atoms. The summed E-state index contributed by atoms with van der Waals surface area (Å²) >= 11 is 0. The van der Waals surface area contributed by atoms with Gasteiger partial charge in [-0.25, -0.2) is 0 Å². The minimum Gasteiger partial charge on any atom is -0.341 e. The molecule has 1 atom stereocenters. The third-order valence-electron chi connectivity index (χ3n) is 4.93. The van der Waals surface area contributed by atoms with Gasteiger partial charge in [-0.15, -0.1) is 0 Å². The lowest BCUT2D eigenvalue weighted by Crippen LogP contribution is -2.48. The first-order chi connectivity index (χ1) is 12.5. The van der Waals surface area contributed by atoms with E-state index in [1.54, 1.807) is 11.8 Å². The molecule has 4 heteroatoms. The minimum atomic E-state index is -0.571. The Morgan fingerprint density at radius 3 is 2.38 bits per heavy atom. The van der Waals surface area contributed by atoms with Crippen molar-refractivity contribution in [3.8, 4) is 0 Å². The molecule has 0 unspecified atom stereocenters. The highest BCUT2D eigenvalue weighted by molar-refractivity contribution is 6.02. The number of nitrogens with one attached hydrogen (secondary N) is 1. The van der Waals surface area contributed by atoms with Crippen LogP contribution in [-0.4, -0.2) is 24.4 Å². The summed E-state index contributed by atoms with van der Waals surface area (Å²) in [6.07, 6.45) is 1.93. The second kappa shape index (κ2) is 7.73. The van der Waals surface area contributed by atoms with E-state index >= 15 is 0 Å². The largest absolute Gasteiger partial charge is 0.341 e. The number of aryl methyl sites for hydroxylation is 1. The molecule has 136 valence electrons. The second-order valence-electron chi connectivity index (χ2n) is 7.19. The number of rotatable bonds is 4. The number of fused-ring (bicyclic) bond motifs is 1. The predicted molar refractivity (Wildman–Crippen MR) is 105 cm³/mol. The van der Waals surface area contributed by atoms with Crippen molar-refractivity contribution in [3.05, 3.63) is 65.2 Å². The molecule has 1 aliphatic rings. The number of benzene rings is 2. The first-order valence-corrected chi connectivity index (χ1v) is 9.27. The number of carbonyl (C=O) groups is 2. The monoisotopic (exact) mass is 350 g/mol. The maximum Gasteiger partial charge on any atom is 0.251 e. The highest BCUT2D eigenvalue weighted by Crippen LogP contribution is 2.27. The van der Waals surface area contributed by atoms with Crippen LogP contribution in [0.1, 0.15) is 54.6 Å². The van der Waals surface area contributed by atoms with E-state index in [0.717, 1.165) is 18.5 Å². The number of hydrogen-bond acceptors (Lipinski definition) is 2. The Morgan fingerprint density at radius 1 is 1.00 bits per heavy atom. The van der Waals surface area contributed by atoms with Crippen molar-refractivity contribution in [2.24, 2.45) is 0 Å². The number of amides is 2. The summed E-state index contributed by atoms with van der Waals surface area (Å²) in [6.45, 7) is 6.68. The number of hydrogen-bond donors (Lipinski definition) is 1. The van der Waals surface area contributed by atoms with E-state index in [-0.39, 0.29) is 11.8 Å². The molecule has 3 rings (SSSR count). The van der Waals surface area contributed by atoms with Gasteiger partial charge in [-0.05, 0) is 55.0 Å². The van der Waals surface area contributed by atoms with Crippen LogP contribution in [0.25, 0.3) is 0 Å². The van der Waals surface area contributed by atoms with Crippen LogP contribution in [0.15, 0.2) is 48.5 Å². The lowest BCUT2D eigenvalue weighted by Gasteiger charge is -2.31. The van der Waals surface area contributed by atoms with Gasteiger partial charge in [0.1, 0.15) is 6.04 Å². The van der Waals surface area contributed by atoms with Crippen LogP contribution in [-0.2, 0) is 11.2 Å². The van der Waals surface area contributed by atoms with Gasteiger partial charge < -0.3 is 10.2 Å². The van der Waals surface area contributed by atoms with Crippen LogP contribution >= 0.6 is 0 Å². The minimum absolute atomic E-state index is 0.0655. The van der Waals surface area contributed by atoms with Crippen LogP contribution in [0.3, 0.4) is 0 Å². The smallest absolute Gasteiger partial charge is 0.251 e. The van der Waals surface area contributed by atoms with E-state index in [9.17, 15) is 9.59 Å². The third-order valence-corrected chi connectivity index (χ3v) is 4.93. The number of nitrogens with zero attached hydrogens (tertiary/aromatic N) is 1. The Bertz CT molecular complexity index is 796. The van der Waals surface area contributed by atoms with Gasteiger partial charge in [-0.3, -0.25) is 9.59 Å². The molecule has 1 aliphatic heterocycles. The summed E-state index contributed by atoms with van der Waals surface area (Å²) in [6, 6.07) is 15.0. The molecular formula is C22H26N2O2. The van der Waals surface area contributed by atoms with Gasteiger partial charge in [0, 0.05) is 17.8 Å². The molecule has 0 saturated heterocycles. The van der Waals surface area contributed by atoms with Gasteiger partial charge in [-0.2, -0.15) is 0 Å². The number of para-hydroxylation sites is 1. The molecule has 0 fully saturated rings. The fourth-order valence-corrected chi connectivity index (χ4v) is 3.36. The average molecular weight is 350 g/mol. The second-order valence-corrected chi connectivity index (χ2v) is 7.19. The van der Waals surface area contributed by atoms with Crippen LogP contribution < -0.4 is 10.2 Å². The average Bonchev–Trinajstić information content (AvgIpc) is 2.66. The zero-order chi connectivity index (χ0) is 18.7. The lowest BCUT2D eigenvalue weighted by atomic mass is 10.0. The molecule has 1 N–H and O–H groups in total. The van der Waals surface area contributed by atoms with Crippen LogP contribution in [0.4, 0.5) is 5.69 Å². The first-order valence-electron chi connectivity index (χ1n) is 9.27. The zero-order valence-corrected chi connectivity index (χ0v) is 15.7. The van der Waals surface area contributed by atoms with Gasteiger partial charge in [0.2, 0.25) is 5.91 Å². The van der Waals surface area contributed by atoms with Gasteiger partial charge in [0.25, 0.3) is 5.91 Å². The van der Waals surface area contributed by atoms with Crippen molar-refractivity contribution in [2.45, 2.75) is 45.6 Å². The van der Waals surface area contributed by atoms with Gasteiger partial charge in [0.15, 0.2) is 0 Å². The third kappa shape index (κ3) is 3.79. The number of anilines is 1. The van der Waals surface area contributed by atoms with E-state index < -0.39 is 6.04 Å². The molecule has 2 aromatic carbocycles. The molecule has 2 aromatic rings. The summed E-state index contributed by atoms with van der Waals surface area (Å²) < 4.78 is 0. The van der Waals surface area contributed by atoms with E-state index in [4.69, 9.17) is 0 Å². The standard InChI is InChI=1S/C22H26N2O2/c1-15(2)17-10-12-19(13-11-17)21(25)23-16(3)22(26)24-14-6-8-18-7-4-5-9-20(18)24/h4-5,7,9-13,15-16H,6,8,14H2,1-3H3,(H,23,25)/t16-/m1/s1. The molecule has 1 heterocycles. The Hall–Kier alpha value is -2.62. The van der Waals surface area contributed by atoms with Crippen LogP contribution in [0, 0.1) is 0 Å². The maximum absolute atomic E-state index is 12.9. The first kappa shape index (κ1) is 18.2. The highest BCUT2D eigenvalue weighted by atomic mass is 16.2. The van der Waals surface area contributed by atoms with Crippen molar-refractivity contribution < 1.29 is 9.59 Å². The van der Waals surface area contributed by atoms with E-state index in [0.29, 0.717) is 18.0 Å². The summed E-state index contributed by atoms with van der Waals surface area (Å²) in [5, 5.41) is 2.84. The fraction of sp³-hybridized carbons (Fsp3) is 0.364. The van der Waals surface area contributed by atoms with E-state index in [1.807, 2.05) is 42.5 Å². The number of carbonyl (C=O) groups excluding carboxylic acids is 2. The molecule has 0 saturated carbocycles. The zero-order valence-electron chi connectivity index (χ0n) is 15.7. The van der Waals surface area contributed by atoms with Crippen molar-refractivity contribution in [1.29, 1.82) is 0 Å².